The van der Waals surface area contributed by atoms with Gasteiger partial charge in [0.25, 0.3) is 0 Å². The van der Waals surface area contributed by atoms with Crippen LogP contribution >= 0.6 is 0 Å². The van der Waals surface area contributed by atoms with Crippen LogP contribution in [0.4, 0.5) is 0 Å². The monoisotopic (exact) mass is 619 g/mol. The molecule has 0 radical (unpaired) electrons. The van der Waals surface area contributed by atoms with Crippen molar-refractivity contribution in [3.05, 3.63) is 11.1 Å². The van der Waals surface area contributed by atoms with Crippen molar-refractivity contribution in [2.75, 3.05) is 0 Å². The molecular weight excluding hydrogens is 548 g/mol. The lowest BCUT2D eigenvalue weighted by molar-refractivity contribution is -0.212. The third-order valence-corrected chi connectivity index (χ3v) is 12.2. The van der Waals surface area contributed by atoms with E-state index in [4.69, 9.17) is 4.74 Å². The predicted molar refractivity (Wildman–Crippen MR) is 183 cm³/mol. The second-order valence-electron chi connectivity index (χ2n) is 14.4. The average Bonchev–Trinajstić information content (AvgIpc) is 3.32. The van der Waals surface area contributed by atoms with Gasteiger partial charge in [-0.2, -0.15) is 0 Å². The summed E-state index contributed by atoms with van der Waals surface area (Å²) in [6.45, 7) is 31.3. The van der Waals surface area contributed by atoms with Gasteiger partial charge in [-0.1, -0.05) is 96.9 Å². The van der Waals surface area contributed by atoms with E-state index in [2.05, 4.69) is 41.5 Å². The molecule has 0 aromatic heterocycles. The van der Waals surface area contributed by atoms with Crippen molar-refractivity contribution in [1.29, 1.82) is 0 Å². The van der Waals surface area contributed by atoms with Gasteiger partial charge in [-0.05, 0) is 103 Å². The minimum absolute atomic E-state index is 0.0251. The molecule has 0 heterocycles. The Hall–Kier alpha value is -1.65. The Labute approximate surface area is 271 Å². The number of rotatable bonds is 3. The standard InChI is InChI=1S/C31H46O5.4C2H6/c1-17(2)25-21(33)16-31(27(34)35)15-10-20-19(26(25)31)8-9-23-29(20,6)13-11-22-28(4,5)24(36-18(3)32)12-14-30(22,23)7;4*1-2/h17,19-20,22-24H,8-16H2,1-7H3,(H,34,35);4*1-2H3/t19?,20?,22?,23?,24-,29-,30-,31?;;;;/m0..../s1. The van der Waals surface area contributed by atoms with E-state index in [0.717, 1.165) is 56.1 Å². The van der Waals surface area contributed by atoms with Crippen LogP contribution in [0, 0.1) is 51.2 Å². The molecule has 256 valence electrons. The van der Waals surface area contributed by atoms with Gasteiger partial charge in [0.2, 0.25) is 0 Å². The molecule has 4 fully saturated rings. The van der Waals surface area contributed by atoms with Crippen molar-refractivity contribution in [2.45, 2.75) is 168 Å². The van der Waals surface area contributed by atoms with E-state index in [1.807, 2.05) is 55.4 Å². The zero-order valence-corrected chi connectivity index (χ0v) is 31.4. The molecule has 0 amide bonds. The number of ether oxygens (including phenoxy) is 1. The van der Waals surface area contributed by atoms with Crippen molar-refractivity contribution >= 4 is 17.7 Å². The molecule has 5 heteroatoms. The van der Waals surface area contributed by atoms with Gasteiger partial charge in [-0.25, -0.2) is 0 Å². The van der Waals surface area contributed by atoms with Gasteiger partial charge in [-0.15, -0.1) is 0 Å². The average molecular weight is 619 g/mol. The van der Waals surface area contributed by atoms with Gasteiger partial charge < -0.3 is 9.84 Å². The zero-order chi connectivity index (χ0) is 34.4. The van der Waals surface area contributed by atoms with Crippen LogP contribution in [0.5, 0.6) is 0 Å². The molecule has 44 heavy (non-hydrogen) atoms. The summed E-state index contributed by atoms with van der Waals surface area (Å²) in [6, 6.07) is 0. The van der Waals surface area contributed by atoms with E-state index in [1.165, 1.54) is 6.92 Å². The first kappa shape index (κ1) is 40.4. The first-order valence-corrected chi connectivity index (χ1v) is 18.4. The number of Topliss-reactive ketones (excluding diaryl/α,β-unsaturated/α-hetero) is 1. The van der Waals surface area contributed by atoms with E-state index in [0.29, 0.717) is 24.2 Å². The first-order chi connectivity index (χ1) is 20.7. The highest BCUT2D eigenvalue weighted by Gasteiger charge is 2.67. The van der Waals surface area contributed by atoms with E-state index >= 15 is 0 Å². The molecule has 0 aromatic carbocycles. The Morgan fingerprint density at radius 1 is 0.773 bits per heavy atom. The third-order valence-electron chi connectivity index (χ3n) is 12.2. The van der Waals surface area contributed by atoms with Crippen molar-refractivity contribution in [3.63, 3.8) is 0 Å². The van der Waals surface area contributed by atoms with Gasteiger partial charge >= 0.3 is 11.9 Å². The number of carbonyl (C=O) groups excluding carboxylic acids is 2. The van der Waals surface area contributed by atoms with Crippen LogP contribution < -0.4 is 0 Å². The topological polar surface area (TPSA) is 80.7 Å². The number of carboxylic acids is 1. The molecule has 0 aliphatic heterocycles. The minimum atomic E-state index is -0.966. The molecule has 5 aliphatic carbocycles. The molecule has 5 nitrogen and oxygen atoms in total. The van der Waals surface area contributed by atoms with Crippen LogP contribution in [-0.4, -0.2) is 28.9 Å². The molecule has 0 aromatic rings. The number of allylic oxidation sites excluding steroid dienone is 1. The molecular formula is C39H70O5. The van der Waals surface area contributed by atoms with Crippen LogP contribution in [0.2, 0.25) is 0 Å². The lowest BCUT2D eigenvalue weighted by atomic mass is 9.36. The summed E-state index contributed by atoms with van der Waals surface area (Å²) in [5.41, 5.74) is 1.16. The summed E-state index contributed by atoms with van der Waals surface area (Å²) in [6.07, 6.45) is 7.99. The minimum Gasteiger partial charge on any atom is -0.481 e. The number of fused-ring (bicyclic) bond motifs is 7. The zero-order valence-electron chi connectivity index (χ0n) is 31.4. The highest BCUT2D eigenvalue weighted by molar-refractivity contribution is 6.05. The number of aliphatic carboxylic acids is 1. The quantitative estimate of drug-likeness (QED) is 0.318. The number of ketones is 1. The maximum Gasteiger partial charge on any atom is 0.314 e. The molecule has 4 saturated carbocycles. The van der Waals surface area contributed by atoms with Gasteiger partial charge in [0.05, 0.1) is 5.41 Å². The molecule has 5 rings (SSSR count). The molecule has 5 unspecified atom stereocenters. The maximum atomic E-state index is 13.2. The summed E-state index contributed by atoms with van der Waals surface area (Å²) in [5, 5.41) is 10.4. The Bertz CT molecular complexity index is 1020. The largest absolute Gasteiger partial charge is 0.481 e. The van der Waals surface area contributed by atoms with Crippen LogP contribution in [0.3, 0.4) is 0 Å². The highest BCUT2D eigenvalue weighted by atomic mass is 16.5. The number of hydrogen-bond acceptors (Lipinski definition) is 4. The van der Waals surface area contributed by atoms with Crippen LogP contribution in [0.15, 0.2) is 11.1 Å². The van der Waals surface area contributed by atoms with E-state index in [1.54, 1.807) is 0 Å². The number of hydrogen-bond donors (Lipinski definition) is 1. The normalized spacial score (nSPS) is 37.7. The fourth-order valence-electron chi connectivity index (χ4n) is 10.9. The fourth-order valence-corrected chi connectivity index (χ4v) is 10.9. The predicted octanol–water partition coefficient (Wildman–Crippen LogP) is 10.7. The van der Waals surface area contributed by atoms with Crippen molar-refractivity contribution in [3.8, 4) is 0 Å². The first-order valence-electron chi connectivity index (χ1n) is 18.4. The van der Waals surface area contributed by atoms with E-state index in [-0.39, 0.29) is 52.4 Å². The van der Waals surface area contributed by atoms with Crippen molar-refractivity contribution in [2.24, 2.45) is 51.2 Å². The maximum absolute atomic E-state index is 13.2. The number of carbonyl (C=O) groups is 3. The Kier molecular flexibility index (Phi) is 14.5. The summed E-state index contributed by atoms with van der Waals surface area (Å²) < 4.78 is 5.84. The molecule has 1 N–H and O–H groups in total. The Balaban J connectivity index is 0.00000112. The highest BCUT2D eigenvalue weighted by Crippen LogP contribution is 2.73. The Morgan fingerprint density at radius 2 is 1.32 bits per heavy atom. The lowest BCUT2D eigenvalue weighted by Gasteiger charge is -2.68. The van der Waals surface area contributed by atoms with Crippen molar-refractivity contribution in [1.82, 2.24) is 0 Å². The fraction of sp³-hybridized carbons (Fsp3) is 0.872. The number of esters is 1. The lowest BCUT2D eigenvalue weighted by Crippen LogP contribution is -2.63. The van der Waals surface area contributed by atoms with Crippen LogP contribution in [-0.2, 0) is 19.1 Å². The second-order valence-corrected chi connectivity index (χ2v) is 14.4. The molecule has 5 aliphatic rings. The van der Waals surface area contributed by atoms with Gasteiger partial charge in [0.15, 0.2) is 5.78 Å². The smallest absolute Gasteiger partial charge is 0.314 e. The van der Waals surface area contributed by atoms with E-state index in [9.17, 15) is 19.5 Å². The van der Waals surface area contributed by atoms with Gasteiger partial charge in [0.1, 0.15) is 6.10 Å². The molecule has 8 atom stereocenters. The summed E-state index contributed by atoms with van der Waals surface area (Å²) in [7, 11) is 0. The Morgan fingerprint density at radius 3 is 1.82 bits per heavy atom. The van der Waals surface area contributed by atoms with E-state index < -0.39 is 11.4 Å². The molecule has 0 bridgehead atoms. The van der Waals surface area contributed by atoms with Crippen LogP contribution in [0.1, 0.15) is 162 Å². The summed E-state index contributed by atoms with van der Waals surface area (Å²) in [5.74, 6) is 0.907. The van der Waals surface area contributed by atoms with Gasteiger partial charge in [0, 0.05) is 18.8 Å². The molecule has 0 spiro atoms. The third kappa shape index (κ3) is 6.46. The number of carboxylic acid groups (broad SMARTS) is 1. The van der Waals surface area contributed by atoms with Gasteiger partial charge in [-0.3, -0.25) is 14.4 Å². The van der Waals surface area contributed by atoms with Crippen LogP contribution in [0.25, 0.3) is 0 Å². The SMILES string of the molecule is CC.CC.CC.CC.CC(=O)O[C@H]1CC[C@@]2(C)C(CC[C@@]3(C)C4CCC5(C(=O)O)CC(=O)C(C(C)C)=C5C4CCC32)C1(C)C. The summed E-state index contributed by atoms with van der Waals surface area (Å²) >= 11 is 0. The van der Waals surface area contributed by atoms with Crippen molar-refractivity contribution < 1.29 is 24.2 Å². The summed E-state index contributed by atoms with van der Waals surface area (Å²) in [4.78, 5) is 37.7. The molecule has 0 saturated heterocycles. The second kappa shape index (κ2) is 15.8.